The van der Waals surface area contributed by atoms with Crippen molar-refractivity contribution in [3.05, 3.63) is 119 Å². The Balaban J connectivity index is 0.660. The number of likely N-dealkylation sites (tertiary alicyclic amines) is 1. The fourth-order valence-electron chi connectivity index (χ4n) is 12.3. The number of rotatable bonds is 23. The van der Waals surface area contributed by atoms with Crippen molar-refractivity contribution in [1.82, 2.24) is 50.8 Å². The van der Waals surface area contributed by atoms with E-state index in [9.17, 15) is 28.8 Å². The maximum atomic E-state index is 14.3. The fraction of sp³-hybridized carbons (Fsp3) is 0.446. The van der Waals surface area contributed by atoms with E-state index in [0.717, 1.165) is 76.3 Å². The number of nitrogens with zero attached hydrogens (tertiary/aromatic N) is 9. The van der Waals surface area contributed by atoms with Gasteiger partial charge in [0.15, 0.2) is 0 Å². The summed E-state index contributed by atoms with van der Waals surface area (Å²) in [4.78, 5) is 85.6. The van der Waals surface area contributed by atoms with Crippen LogP contribution in [0, 0.1) is 17.8 Å². The second kappa shape index (κ2) is 26.2. The van der Waals surface area contributed by atoms with Gasteiger partial charge in [0.2, 0.25) is 23.6 Å². The number of nitrogens with one attached hydrogen (secondary N) is 3. The van der Waals surface area contributed by atoms with Crippen LogP contribution in [-0.2, 0) is 69.2 Å². The maximum absolute atomic E-state index is 14.3. The van der Waals surface area contributed by atoms with Gasteiger partial charge in [-0.15, -0.1) is 10.2 Å². The van der Waals surface area contributed by atoms with Crippen LogP contribution in [0.5, 0.6) is 0 Å². The van der Waals surface area contributed by atoms with Gasteiger partial charge in [0.25, 0.3) is 11.8 Å². The second-order valence-corrected chi connectivity index (χ2v) is 23.7. The standard InChI is InChI=1S/C65H76N12O9/c1-41(2)61(80)67-28-24-53(78)74-38-44-15-6-8-18-46(44)59-57(48-20-10-12-22-51(48)74)69-71-76(59)31-33-84-35-36-85-34-32-77-60-47-19-9-7-16-45(47)39-75(52-23-13-11-21-49(52)58(60)70-72-77)54(79)25-29-68-62(81)42(3)40-86-65(4,5)26-30-73-63(82)55-43-17-14-27-66-50(37-43)56(55)64(73)83/h6-13,15-16,18-23,41-43,50,66H,14,17,24-40H2,1-5H3,(H,67,80)(H,68,81). The molecule has 6 heterocycles. The lowest BCUT2D eigenvalue weighted by atomic mass is 9.95. The molecule has 2 bridgehead atoms. The molecular formula is C65H76N12O9. The summed E-state index contributed by atoms with van der Waals surface area (Å²) >= 11 is 0. The first kappa shape index (κ1) is 59.5. The zero-order chi connectivity index (χ0) is 60.1. The largest absolute Gasteiger partial charge is 0.377 e. The van der Waals surface area contributed by atoms with Gasteiger partial charge in [0.1, 0.15) is 11.4 Å². The highest BCUT2D eigenvalue weighted by atomic mass is 16.5. The number of imide groups is 1. The van der Waals surface area contributed by atoms with Crippen LogP contribution < -0.4 is 25.8 Å². The number of hydrogen-bond donors (Lipinski definition) is 3. The lowest BCUT2D eigenvalue weighted by Gasteiger charge is -2.29. The highest BCUT2D eigenvalue weighted by Gasteiger charge is 2.50. The molecule has 11 rings (SSSR count). The predicted molar refractivity (Wildman–Crippen MR) is 323 cm³/mol. The van der Waals surface area contributed by atoms with Gasteiger partial charge in [0.05, 0.1) is 93.5 Å². The molecule has 3 N–H and O–H groups in total. The summed E-state index contributed by atoms with van der Waals surface area (Å²) in [5.74, 6) is -1.54. The third kappa shape index (κ3) is 12.5. The number of carbonyl (C=O) groups is 6. The van der Waals surface area contributed by atoms with Crippen LogP contribution in [0.4, 0.5) is 11.4 Å². The number of fused-ring (bicyclic) bond motifs is 14. The van der Waals surface area contributed by atoms with Crippen LogP contribution in [0.1, 0.15) is 84.3 Å². The van der Waals surface area contributed by atoms with Gasteiger partial charge in [-0.2, -0.15) is 0 Å². The van der Waals surface area contributed by atoms with E-state index >= 15 is 0 Å². The molecule has 3 unspecified atom stereocenters. The van der Waals surface area contributed by atoms with Gasteiger partial charge in [-0.25, -0.2) is 9.36 Å². The predicted octanol–water partition coefficient (Wildman–Crippen LogP) is 6.89. The molecule has 6 aromatic rings. The van der Waals surface area contributed by atoms with Gasteiger partial charge >= 0.3 is 0 Å². The first-order chi connectivity index (χ1) is 41.7. The quantitative estimate of drug-likeness (QED) is 0.0438. The molecule has 1 saturated heterocycles. The van der Waals surface area contributed by atoms with Crippen LogP contribution in [-0.4, -0.2) is 141 Å². The van der Waals surface area contributed by atoms with Gasteiger partial charge in [-0.05, 0) is 75.3 Å². The van der Waals surface area contributed by atoms with E-state index in [4.69, 9.17) is 19.3 Å². The van der Waals surface area contributed by atoms with E-state index in [-0.39, 0.29) is 98.9 Å². The molecule has 450 valence electrons. The number of ether oxygens (including phenoxy) is 3. The van der Waals surface area contributed by atoms with Gasteiger partial charge < -0.3 is 40.0 Å². The van der Waals surface area contributed by atoms with Crippen molar-refractivity contribution in [1.29, 1.82) is 0 Å². The lowest BCUT2D eigenvalue weighted by molar-refractivity contribution is -0.139. The molecule has 86 heavy (non-hydrogen) atoms. The SMILES string of the molecule is CC(C)C(=O)NCCC(=O)N1Cc2ccccc2-c2c(nnn2CCOCCOCCn2nnc3c2-c2ccccc2CN(C(=O)CCNC(=O)C(C)COC(C)(C)CCN2C(=O)C4=C(C2=O)C2CC4CCCN2)c2ccccc2-3)-c2ccccc21. The monoisotopic (exact) mass is 1170 g/mol. The summed E-state index contributed by atoms with van der Waals surface area (Å²) in [6.45, 7) is 13.6. The number of anilines is 2. The Bertz CT molecular complexity index is 3540. The van der Waals surface area contributed by atoms with Crippen LogP contribution in [0.15, 0.2) is 108 Å². The summed E-state index contributed by atoms with van der Waals surface area (Å²) in [6, 6.07) is 31.2. The smallest absolute Gasteiger partial charge is 0.258 e. The van der Waals surface area contributed by atoms with Gasteiger partial charge in [-0.1, -0.05) is 116 Å². The molecule has 3 atom stereocenters. The highest BCUT2D eigenvalue weighted by molar-refractivity contribution is 6.21. The zero-order valence-corrected chi connectivity index (χ0v) is 49.7. The van der Waals surface area contributed by atoms with Gasteiger partial charge in [-0.3, -0.25) is 33.7 Å². The number of carbonyl (C=O) groups excluding carboxylic acids is 6. The van der Waals surface area contributed by atoms with E-state index in [0.29, 0.717) is 80.7 Å². The van der Waals surface area contributed by atoms with Crippen molar-refractivity contribution < 1.29 is 43.0 Å². The van der Waals surface area contributed by atoms with Crippen LogP contribution in [0.3, 0.4) is 0 Å². The Hall–Kier alpha value is -8.24. The molecule has 21 heteroatoms. The molecule has 0 saturated carbocycles. The molecule has 2 aromatic heterocycles. The highest BCUT2D eigenvalue weighted by Crippen LogP contribution is 2.45. The minimum Gasteiger partial charge on any atom is -0.377 e. The number of benzene rings is 4. The Labute approximate surface area is 500 Å². The fourth-order valence-corrected chi connectivity index (χ4v) is 12.3. The third-order valence-electron chi connectivity index (χ3n) is 17.0. The molecule has 5 aliphatic rings. The van der Waals surface area contributed by atoms with Crippen LogP contribution in [0.2, 0.25) is 0 Å². The summed E-state index contributed by atoms with van der Waals surface area (Å²) in [5, 5.41) is 27.9. The normalized spacial score (nSPS) is 17.3. The molecule has 4 aliphatic heterocycles. The van der Waals surface area contributed by atoms with E-state index in [2.05, 4.69) is 31.5 Å². The van der Waals surface area contributed by atoms with Crippen molar-refractivity contribution in [2.24, 2.45) is 17.8 Å². The molecule has 21 nitrogen and oxygen atoms in total. The Kier molecular flexibility index (Phi) is 18.1. The molecule has 1 fully saturated rings. The minimum absolute atomic E-state index is 0.0495. The van der Waals surface area contributed by atoms with E-state index in [1.807, 2.05) is 134 Å². The van der Waals surface area contributed by atoms with E-state index < -0.39 is 11.5 Å². The van der Waals surface area contributed by atoms with Crippen molar-refractivity contribution in [2.75, 3.05) is 69.0 Å². The Morgan fingerprint density at radius 1 is 0.640 bits per heavy atom. The number of aromatic nitrogens is 6. The summed E-state index contributed by atoms with van der Waals surface area (Å²) < 4.78 is 22.2. The molecule has 1 aliphatic carbocycles. The average molecular weight is 1170 g/mol. The van der Waals surface area contributed by atoms with Crippen LogP contribution in [0.25, 0.3) is 45.0 Å². The van der Waals surface area contributed by atoms with Crippen molar-refractivity contribution in [2.45, 2.75) is 111 Å². The van der Waals surface area contributed by atoms with E-state index in [1.54, 1.807) is 16.7 Å². The Morgan fingerprint density at radius 3 is 1.69 bits per heavy atom. The molecule has 0 spiro atoms. The molecular weight excluding hydrogens is 1090 g/mol. The zero-order valence-electron chi connectivity index (χ0n) is 49.7. The van der Waals surface area contributed by atoms with Gasteiger partial charge in [0, 0.05) is 77.8 Å². The number of para-hydroxylation sites is 2. The first-order valence-electron chi connectivity index (χ1n) is 30.2. The first-order valence-corrected chi connectivity index (χ1v) is 30.2. The molecule has 4 aromatic carbocycles. The average Bonchev–Trinajstić information content (AvgIpc) is 2.03. The lowest BCUT2D eigenvalue weighted by Crippen LogP contribution is -2.42. The summed E-state index contributed by atoms with van der Waals surface area (Å²) in [6.07, 6.45) is 3.34. The molecule has 0 radical (unpaired) electrons. The topological polar surface area (TPSA) is 237 Å². The molecule has 6 amide bonds. The van der Waals surface area contributed by atoms with Crippen molar-refractivity contribution >= 4 is 46.8 Å². The van der Waals surface area contributed by atoms with Crippen molar-refractivity contribution in [3.63, 3.8) is 0 Å². The second-order valence-electron chi connectivity index (χ2n) is 23.7. The summed E-state index contributed by atoms with van der Waals surface area (Å²) in [7, 11) is 0. The minimum atomic E-state index is -0.712. The van der Waals surface area contributed by atoms with Crippen LogP contribution >= 0.6 is 0 Å². The third-order valence-corrected chi connectivity index (χ3v) is 17.0. The maximum Gasteiger partial charge on any atom is 0.258 e. The number of amides is 6. The van der Waals surface area contributed by atoms with E-state index in [1.165, 1.54) is 4.90 Å². The Morgan fingerprint density at radius 2 is 1.14 bits per heavy atom. The van der Waals surface area contributed by atoms with Crippen molar-refractivity contribution in [3.8, 4) is 45.0 Å². The number of hydrogen-bond acceptors (Lipinski definition) is 14. The summed E-state index contributed by atoms with van der Waals surface area (Å²) in [5.41, 5.74) is 10.2.